The van der Waals surface area contributed by atoms with Gasteiger partial charge in [-0.3, -0.25) is 4.79 Å². The molecule has 0 aromatic heterocycles. The van der Waals surface area contributed by atoms with E-state index in [1.54, 1.807) is 11.8 Å². The van der Waals surface area contributed by atoms with Gasteiger partial charge >= 0.3 is 5.97 Å². The maximum atomic E-state index is 13.1. The van der Waals surface area contributed by atoms with Crippen LogP contribution in [0.3, 0.4) is 0 Å². The number of nitrogens with two attached hydrogens (primary N) is 1. The van der Waals surface area contributed by atoms with Crippen molar-refractivity contribution in [3.8, 4) is 0 Å². The van der Waals surface area contributed by atoms with Gasteiger partial charge in [-0.05, 0) is 37.8 Å². The Morgan fingerprint density at radius 1 is 1.15 bits per heavy atom. The Bertz CT molecular complexity index is 651. The molecule has 1 aliphatic heterocycles. The third kappa shape index (κ3) is 4.80. The van der Waals surface area contributed by atoms with Gasteiger partial charge in [-0.15, -0.1) is 11.8 Å². The van der Waals surface area contributed by atoms with Crippen molar-refractivity contribution in [1.82, 2.24) is 0 Å². The molecule has 0 bridgehead atoms. The van der Waals surface area contributed by atoms with E-state index in [0.29, 0.717) is 5.92 Å². The molecule has 0 radical (unpaired) electrons. The molecular weight excluding hydrogens is 358 g/mol. The van der Waals surface area contributed by atoms with Gasteiger partial charge in [-0.1, -0.05) is 52.2 Å². The highest BCUT2D eigenvalue weighted by Gasteiger charge is 2.47. The second kappa shape index (κ2) is 8.44. The molecule has 1 saturated carbocycles. The Hall–Kier alpha value is -1.20. The predicted molar refractivity (Wildman–Crippen MR) is 110 cm³/mol. The van der Waals surface area contributed by atoms with Crippen LogP contribution in [0, 0.1) is 17.3 Å². The molecule has 1 aliphatic carbocycles. The molecular formula is C22H33NO3S. The number of ether oxygens (including phenoxy) is 2. The number of benzene rings is 1. The van der Waals surface area contributed by atoms with Gasteiger partial charge < -0.3 is 15.2 Å². The molecule has 0 amide bonds. The van der Waals surface area contributed by atoms with E-state index in [1.807, 2.05) is 52.0 Å². The molecule has 1 heterocycles. The Kier molecular flexibility index (Phi) is 6.42. The van der Waals surface area contributed by atoms with Crippen LogP contribution in [0.5, 0.6) is 0 Å². The number of nitrogen functional groups attached to an aromatic ring is 1. The largest absolute Gasteiger partial charge is 0.435 e. The fourth-order valence-electron chi connectivity index (χ4n) is 4.13. The van der Waals surface area contributed by atoms with Crippen LogP contribution in [0.25, 0.3) is 0 Å². The quantitative estimate of drug-likeness (QED) is 0.431. The van der Waals surface area contributed by atoms with Gasteiger partial charge in [0.05, 0.1) is 12.0 Å². The highest BCUT2D eigenvalue weighted by Crippen LogP contribution is 2.45. The summed E-state index contributed by atoms with van der Waals surface area (Å²) in [5.41, 5.74) is 6.75. The van der Waals surface area contributed by atoms with Crippen molar-refractivity contribution in [2.75, 3.05) is 5.73 Å². The normalized spacial score (nSPS) is 28.6. The average molecular weight is 392 g/mol. The van der Waals surface area contributed by atoms with Gasteiger partial charge in [0.2, 0.25) is 6.29 Å². The van der Waals surface area contributed by atoms with E-state index >= 15 is 0 Å². The smallest absolute Gasteiger partial charge is 0.315 e. The minimum absolute atomic E-state index is 0.119. The Balaban J connectivity index is 1.85. The van der Waals surface area contributed by atoms with Crippen molar-refractivity contribution in [2.45, 2.75) is 82.3 Å². The summed E-state index contributed by atoms with van der Waals surface area (Å²) in [6.45, 7) is 8.14. The van der Waals surface area contributed by atoms with Crippen LogP contribution >= 0.6 is 11.8 Å². The zero-order valence-electron chi connectivity index (χ0n) is 16.9. The van der Waals surface area contributed by atoms with Crippen LogP contribution in [0.15, 0.2) is 29.2 Å². The first-order chi connectivity index (χ1) is 12.8. The van der Waals surface area contributed by atoms with E-state index in [0.717, 1.165) is 23.4 Å². The fraction of sp³-hybridized carbons (Fsp3) is 0.682. The number of esters is 1. The summed E-state index contributed by atoms with van der Waals surface area (Å²) in [7, 11) is 0. The third-order valence-corrected chi connectivity index (χ3v) is 7.27. The minimum atomic E-state index is -0.491. The summed E-state index contributed by atoms with van der Waals surface area (Å²) in [4.78, 5) is 14.1. The predicted octanol–water partition coefficient (Wildman–Crippen LogP) is 5.26. The van der Waals surface area contributed by atoms with Gasteiger partial charge in [0.1, 0.15) is 0 Å². The second-order valence-electron chi connectivity index (χ2n) is 9.02. The number of carbonyl (C=O) groups excluding carboxylic acids is 1. The first kappa shape index (κ1) is 20.5. The minimum Gasteiger partial charge on any atom is -0.435 e. The highest BCUT2D eigenvalue weighted by atomic mass is 32.2. The van der Waals surface area contributed by atoms with Crippen LogP contribution in [0.1, 0.15) is 59.8 Å². The van der Waals surface area contributed by atoms with Crippen molar-refractivity contribution in [1.29, 1.82) is 0 Å². The van der Waals surface area contributed by atoms with Crippen molar-refractivity contribution in [2.24, 2.45) is 17.3 Å². The molecule has 1 aromatic rings. The zero-order valence-corrected chi connectivity index (χ0v) is 17.8. The summed E-state index contributed by atoms with van der Waals surface area (Å²) in [5, 5.41) is 0.124. The number of cyclic esters (lactones) is 1. The highest BCUT2D eigenvalue weighted by molar-refractivity contribution is 8.00. The number of carbonyl (C=O) groups is 1. The number of thioether (sulfide) groups is 1. The van der Waals surface area contributed by atoms with Crippen LogP contribution in [-0.2, 0) is 14.3 Å². The van der Waals surface area contributed by atoms with E-state index in [1.165, 1.54) is 19.3 Å². The Labute approximate surface area is 167 Å². The molecule has 2 fully saturated rings. The lowest BCUT2D eigenvalue weighted by molar-refractivity contribution is -0.254. The molecule has 3 rings (SSSR count). The molecule has 1 aromatic carbocycles. The molecule has 1 unspecified atom stereocenters. The molecule has 1 saturated heterocycles. The zero-order chi connectivity index (χ0) is 19.6. The van der Waals surface area contributed by atoms with Gasteiger partial charge in [-0.2, -0.15) is 0 Å². The summed E-state index contributed by atoms with van der Waals surface area (Å²) < 4.78 is 12.0. The summed E-state index contributed by atoms with van der Waals surface area (Å²) in [5.74, 6) is 0.0979. The van der Waals surface area contributed by atoms with Gasteiger partial charge in [0, 0.05) is 21.2 Å². The molecule has 5 heteroatoms. The lowest BCUT2D eigenvalue weighted by Gasteiger charge is -2.44. The number of anilines is 1. The summed E-state index contributed by atoms with van der Waals surface area (Å²) in [6.07, 6.45) is 5.40. The summed E-state index contributed by atoms with van der Waals surface area (Å²) >= 11 is 1.74. The van der Waals surface area contributed by atoms with E-state index in [-0.39, 0.29) is 28.7 Å². The van der Waals surface area contributed by atoms with Crippen LogP contribution in [-0.4, -0.2) is 23.6 Å². The maximum absolute atomic E-state index is 13.1. The molecule has 2 aliphatic rings. The molecule has 4 atom stereocenters. The van der Waals surface area contributed by atoms with Gasteiger partial charge in [0.15, 0.2) is 0 Å². The first-order valence-electron chi connectivity index (χ1n) is 10.1. The monoisotopic (exact) mass is 391 g/mol. The molecule has 2 N–H and O–H groups in total. The maximum Gasteiger partial charge on any atom is 0.315 e. The number of hydrogen-bond donors (Lipinski definition) is 1. The lowest BCUT2D eigenvalue weighted by Crippen LogP contribution is -2.52. The van der Waals surface area contributed by atoms with Crippen molar-refractivity contribution < 1.29 is 14.3 Å². The standard InChI is InChI=1S/C22H33NO3S/c1-14-18(20(24)26-21(25-14)22(2,3)4)19(15-10-6-5-7-11-15)27-17-13-9-8-12-16(17)23/h8-9,12-15,18-19,21H,5-7,10-11,23H2,1-4H3/t14-,18?,19+,21-/m1/s1. The second-order valence-corrected chi connectivity index (χ2v) is 10.2. The van der Waals surface area contributed by atoms with E-state index in [9.17, 15) is 4.79 Å². The lowest BCUT2D eigenvalue weighted by atomic mass is 9.80. The van der Waals surface area contributed by atoms with E-state index < -0.39 is 6.29 Å². The SMILES string of the molecule is C[C@H]1O[C@@H](C(C)(C)C)OC(=O)C1[C@@H](Sc1ccccc1N)C1CCCCC1. The molecule has 0 spiro atoms. The molecule has 4 nitrogen and oxygen atoms in total. The number of rotatable bonds is 4. The Morgan fingerprint density at radius 3 is 2.41 bits per heavy atom. The molecule has 27 heavy (non-hydrogen) atoms. The summed E-state index contributed by atoms with van der Waals surface area (Å²) in [6, 6.07) is 7.93. The fourth-order valence-corrected chi connectivity index (χ4v) is 5.72. The topological polar surface area (TPSA) is 61.5 Å². The first-order valence-corrected chi connectivity index (χ1v) is 11.0. The van der Waals surface area contributed by atoms with Crippen molar-refractivity contribution in [3.05, 3.63) is 24.3 Å². The third-order valence-electron chi connectivity index (χ3n) is 5.70. The van der Waals surface area contributed by atoms with Gasteiger partial charge in [0.25, 0.3) is 0 Å². The van der Waals surface area contributed by atoms with Gasteiger partial charge in [-0.25, -0.2) is 0 Å². The van der Waals surface area contributed by atoms with E-state index in [4.69, 9.17) is 15.2 Å². The van der Waals surface area contributed by atoms with Crippen molar-refractivity contribution >= 4 is 23.4 Å². The van der Waals surface area contributed by atoms with E-state index in [2.05, 4.69) is 0 Å². The van der Waals surface area contributed by atoms with Crippen LogP contribution < -0.4 is 5.73 Å². The van der Waals surface area contributed by atoms with Crippen molar-refractivity contribution in [3.63, 3.8) is 0 Å². The average Bonchev–Trinajstić information content (AvgIpc) is 2.62. The van der Waals surface area contributed by atoms with Crippen LogP contribution in [0.4, 0.5) is 5.69 Å². The number of para-hydroxylation sites is 1. The molecule has 150 valence electrons. The van der Waals surface area contributed by atoms with Crippen LogP contribution in [0.2, 0.25) is 0 Å². The Morgan fingerprint density at radius 2 is 1.81 bits per heavy atom. The number of hydrogen-bond acceptors (Lipinski definition) is 5.